The average molecular weight is 233 g/mol. The van der Waals surface area contributed by atoms with E-state index in [9.17, 15) is 4.79 Å². The van der Waals surface area contributed by atoms with Crippen molar-refractivity contribution in [2.75, 3.05) is 13.2 Å². The van der Waals surface area contributed by atoms with Crippen molar-refractivity contribution in [3.63, 3.8) is 0 Å². The van der Waals surface area contributed by atoms with Gasteiger partial charge in [0.1, 0.15) is 0 Å². The summed E-state index contributed by atoms with van der Waals surface area (Å²) >= 11 is 0. The van der Waals surface area contributed by atoms with Crippen LogP contribution in [0, 0.1) is 13.8 Å². The van der Waals surface area contributed by atoms with Crippen LogP contribution in [0.2, 0.25) is 0 Å². The second kappa shape index (κ2) is 5.32. The summed E-state index contributed by atoms with van der Waals surface area (Å²) < 4.78 is 5.48. The molecule has 1 N–H and O–H groups in total. The maximum absolute atomic E-state index is 12.0. The second-order valence-electron chi connectivity index (χ2n) is 4.66. The minimum atomic E-state index is 0.00157. The fourth-order valence-electron chi connectivity index (χ4n) is 2.09. The molecule has 0 aliphatic carbocycles. The third-order valence-corrected chi connectivity index (χ3v) is 3.15. The molecule has 1 aliphatic rings. The summed E-state index contributed by atoms with van der Waals surface area (Å²) in [5.41, 5.74) is 2.89. The summed E-state index contributed by atoms with van der Waals surface area (Å²) in [6.07, 6.45) is 2.35. The molecule has 2 rings (SSSR count). The van der Waals surface area contributed by atoms with Gasteiger partial charge in [0, 0.05) is 18.7 Å². The number of benzene rings is 1. The molecule has 1 heterocycles. The lowest BCUT2D eigenvalue weighted by molar-refractivity contribution is 0.0857. The largest absolute Gasteiger partial charge is 0.376 e. The van der Waals surface area contributed by atoms with Crippen LogP contribution in [0.5, 0.6) is 0 Å². The Morgan fingerprint density at radius 1 is 1.47 bits per heavy atom. The van der Waals surface area contributed by atoms with Crippen LogP contribution in [-0.2, 0) is 4.74 Å². The standard InChI is InChI=1S/C14H19NO2/c1-10-5-6-11(2)13(8-10)14(16)15-9-12-4-3-7-17-12/h5-6,8,12H,3-4,7,9H2,1-2H3,(H,15,16)/t12-/m1/s1. The van der Waals surface area contributed by atoms with Gasteiger partial charge in [0.05, 0.1) is 6.10 Å². The topological polar surface area (TPSA) is 38.3 Å². The predicted molar refractivity (Wildman–Crippen MR) is 67.2 cm³/mol. The first-order chi connectivity index (χ1) is 8.16. The Balaban J connectivity index is 1.96. The van der Waals surface area contributed by atoms with Crippen LogP contribution in [0.15, 0.2) is 18.2 Å². The highest BCUT2D eigenvalue weighted by Crippen LogP contribution is 2.13. The minimum absolute atomic E-state index is 0.00157. The van der Waals surface area contributed by atoms with Gasteiger partial charge in [-0.1, -0.05) is 17.7 Å². The summed E-state index contributed by atoms with van der Waals surface area (Å²) in [6, 6.07) is 5.93. The number of nitrogens with one attached hydrogen (secondary N) is 1. The van der Waals surface area contributed by atoms with Gasteiger partial charge >= 0.3 is 0 Å². The number of aryl methyl sites for hydroxylation is 2. The summed E-state index contributed by atoms with van der Waals surface area (Å²) in [6.45, 7) is 5.40. The van der Waals surface area contributed by atoms with Crippen molar-refractivity contribution in [3.8, 4) is 0 Å². The van der Waals surface area contributed by atoms with Crippen LogP contribution in [0.25, 0.3) is 0 Å². The molecule has 92 valence electrons. The van der Waals surface area contributed by atoms with E-state index in [4.69, 9.17) is 4.74 Å². The summed E-state index contributed by atoms with van der Waals surface area (Å²) in [5.74, 6) is 0.00157. The molecule has 3 heteroatoms. The molecule has 0 radical (unpaired) electrons. The summed E-state index contributed by atoms with van der Waals surface area (Å²) in [7, 11) is 0. The zero-order valence-corrected chi connectivity index (χ0v) is 10.5. The van der Waals surface area contributed by atoms with E-state index in [1.807, 2.05) is 32.0 Å². The van der Waals surface area contributed by atoms with Gasteiger partial charge in [-0.05, 0) is 38.3 Å². The molecule has 3 nitrogen and oxygen atoms in total. The molecule has 0 bridgehead atoms. The number of amides is 1. The van der Waals surface area contributed by atoms with E-state index in [0.29, 0.717) is 6.54 Å². The summed E-state index contributed by atoms with van der Waals surface area (Å²) in [5, 5.41) is 2.94. The first-order valence-electron chi connectivity index (χ1n) is 6.14. The molecule has 1 amide bonds. The number of hydrogen-bond donors (Lipinski definition) is 1. The first-order valence-corrected chi connectivity index (χ1v) is 6.14. The molecule has 1 aromatic rings. The number of ether oxygens (including phenoxy) is 1. The molecule has 1 fully saturated rings. The Morgan fingerprint density at radius 3 is 3.00 bits per heavy atom. The fourth-order valence-corrected chi connectivity index (χ4v) is 2.09. The molecule has 1 aromatic carbocycles. The maximum atomic E-state index is 12.0. The highest BCUT2D eigenvalue weighted by molar-refractivity contribution is 5.95. The smallest absolute Gasteiger partial charge is 0.251 e. The van der Waals surface area contributed by atoms with E-state index in [2.05, 4.69) is 5.32 Å². The van der Waals surface area contributed by atoms with Crippen molar-refractivity contribution in [1.29, 1.82) is 0 Å². The maximum Gasteiger partial charge on any atom is 0.251 e. The number of rotatable bonds is 3. The molecule has 1 saturated heterocycles. The lowest BCUT2D eigenvalue weighted by Gasteiger charge is -2.12. The Bertz CT molecular complexity index is 409. The number of carbonyl (C=O) groups excluding carboxylic acids is 1. The second-order valence-corrected chi connectivity index (χ2v) is 4.66. The van der Waals surface area contributed by atoms with Crippen molar-refractivity contribution in [2.24, 2.45) is 0 Å². The van der Waals surface area contributed by atoms with Crippen LogP contribution in [0.1, 0.15) is 34.3 Å². The molecule has 1 aliphatic heterocycles. The Hall–Kier alpha value is -1.35. The third kappa shape index (κ3) is 3.07. The predicted octanol–water partition coefficient (Wildman–Crippen LogP) is 2.21. The van der Waals surface area contributed by atoms with Crippen LogP contribution < -0.4 is 5.32 Å². The number of carbonyl (C=O) groups is 1. The van der Waals surface area contributed by atoms with Gasteiger partial charge in [-0.2, -0.15) is 0 Å². The van der Waals surface area contributed by atoms with E-state index in [1.54, 1.807) is 0 Å². The summed E-state index contributed by atoms with van der Waals surface area (Å²) in [4.78, 5) is 12.0. The molecular weight excluding hydrogens is 214 g/mol. The van der Waals surface area contributed by atoms with Crippen molar-refractivity contribution >= 4 is 5.91 Å². The van der Waals surface area contributed by atoms with Crippen LogP contribution in [-0.4, -0.2) is 25.2 Å². The van der Waals surface area contributed by atoms with E-state index < -0.39 is 0 Å². The van der Waals surface area contributed by atoms with Crippen LogP contribution >= 0.6 is 0 Å². The molecule has 0 spiro atoms. The third-order valence-electron chi connectivity index (χ3n) is 3.15. The van der Waals surface area contributed by atoms with E-state index >= 15 is 0 Å². The lowest BCUT2D eigenvalue weighted by atomic mass is 10.1. The molecule has 0 aromatic heterocycles. The SMILES string of the molecule is Cc1ccc(C)c(C(=O)NC[C@H]2CCCO2)c1. The van der Waals surface area contributed by atoms with Gasteiger partial charge in [0.2, 0.25) is 0 Å². The normalized spacial score (nSPS) is 19.3. The van der Waals surface area contributed by atoms with Crippen LogP contribution in [0.4, 0.5) is 0 Å². The van der Waals surface area contributed by atoms with E-state index in [-0.39, 0.29) is 12.0 Å². The van der Waals surface area contributed by atoms with Gasteiger partial charge in [-0.25, -0.2) is 0 Å². The van der Waals surface area contributed by atoms with Crippen molar-refractivity contribution in [1.82, 2.24) is 5.32 Å². The van der Waals surface area contributed by atoms with Crippen molar-refractivity contribution in [3.05, 3.63) is 34.9 Å². The Morgan fingerprint density at radius 2 is 2.29 bits per heavy atom. The number of hydrogen-bond acceptors (Lipinski definition) is 2. The Kier molecular flexibility index (Phi) is 3.79. The van der Waals surface area contributed by atoms with Crippen molar-refractivity contribution < 1.29 is 9.53 Å². The molecule has 0 saturated carbocycles. The molecule has 0 unspecified atom stereocenters. The monoisotopic (exact) mass is 233 g/mol. The lowest BCUT2D eigenvalue weighted by Crippen LogP contribution is -2.32. The fraction of sp³-hybridized carbons (Fsp3) is 0.500. The van der Waals surface area contributed by atoms with Gasteiger partial charge in [0.25, 0.3) is 5.91 Å². The van der Waals surface area contributed by atoms with Gasteiger partial charge in [0.15, 0.2) is 0 Å². The zero-order chi connectivity index (χ0) is 12.3. The van der Waals surface area contributed by atoms with Gasteiger partial charge < -0.3 is 10.1 Å². The van der Waals surface area contributed by atoms with E-state index in [0.717, 1.165) is 36.1 Å². The first kappa shape index (κ1) is 12.1. The Labute approximate surface area is 102 Å². The van der Waals surface area contributed by atoms with Gasteiger partial charge in [-0.15, -0.1) is 0 Å². The highest BCUT2D eigenvalue weighted by Gasteiger charge is 2.17. The average Bonchev–Trinajstić information content (AvgIpc) is 2.82. The van der Waals surface area contributed by atoms with E-state index in [1.165, 1.54) is 0 Å². The minimum Gasteiger partial charge on any atom is -0.376 e. The molecule has 1 atom stereocenters. The zero-order valence-electron chi connectivity index (χ0n) is 10.5. The highest BCUT2D eigenvalue weighted by atomic mass is 16.5. The van der Waals surface area contributed by atoms with Gasteiger partial charge in [-0.3, -0.25) is 4.79 Å². The molecular formula is C14H19NO2. The van der Waals surface area contributed by atoms with Crippen molar-refractivity contribution in [2.45, 2.75) is 32.8 Å². The quantitative estimate of drug-likeness (QED) is 0.869. The molecule has 17 heavy (non-hydrogen) atoms. The van der Waals surface area contributed by atoms with Crippen LogP contribution in [0.3, 0.4) is 0 Å².